The Morgan fingerprint density at radius 2 is 2.16 bits per heavy atom. The van der Waals surface area contributed by atoms with Gasteiger partial charge in [-0.3, -0.25) is 0 Å². The molecule has 1 aromatic heterocycles. The Balaban J connectivity index is 2.37. The number of carbonyl (C=O) groups is 1. The van der Waals surface area contributed by atoms with Gasteiger partial charge in [-0.2, -0.15) is 0 Å². The number of benzene rings is 1. The highest BCUT2D eigenvalue weighted by Gasteiger charge is 2.24. The molecule has 1 aromatic carbocycles. The monoisotopic (exact) mass is 341 g/mol. The third kappa shape index (κ3) is 3.20. The van der Waals surface area contributed by atoms with Gasteiger partial charge in [-0.05, 0) is 28.4 Å². The molecule has 19 heavy (non-hydrogen) atoms. The maximum Gasteiger partial charge on any atom is 0.358 e. The molecule has 1 atom stereocenters. The van der Waals surface area contributed by atoms with Gasteiger partial charge in [0.25, 0.3) is 0 Å². The highest BCUT2D eigenvalue weighted by atomic mass is 79.9. The van der Waals surface area contributed by atoms with Crippen LogP contribution in [-0.4, -0.2) is 22.7 Å². The van der Waals surface area contributed by atoms with Crippen LogP contribution in [0.15, 0.2) is 34.2 Å². The van der Waals surface area contributed by atoms with Gasteiger partial charge in [0, 0.05) is 0 Å². The van der Waals surface area contributed by atoms with Gasteiger partial charge in [0.1, 0.15) is 6.10 Å². The number of carbonyl (C=O) groups excluding carboxylic acids is 1. The van der Waals surface area contributed by atoms with Gasteiger partial charge in [-0.1, -0.05) is 30.3 Å². The molecule has 2 rings (SSSR count). The van der Waals surface area contributed by atoms with Gasteiger partial charge in [0.05, 0.1) is 11.5 Å². The van der Waals surface area contributed by atoms with E-state index in [-0.39, 0.29) is 12.3 Å². The van der Waals surface area contributed by atoms with E-state index in [9.17, 15) is 9.90 Å². The van der Waals surface area contributed by atoms with Gasteiger partial charge in [0.15, 0.2) is 9.61 Å². The number of aliphatic hydroxyl groups excluding tert-OH is 1. The van der Waals surface area contributed by atoms with Gasteiger partial charge < -0.3 is 9.84 Å². The second-order valence-corrected chi connectivity index (χ2v) is 6.02. The zero-order valence-corrected chi connectivity index (χ0v) is 12.6. The summed E-state index contributed by atoms with van der Waals surface area (Å²) in [6, 6.07) is 9.13. The second-order valence-electron chi connectivity index (χ2n) is 3.71. The largest absolute Gasteiger partial charge is 0.461 e. The van der Waals surface area contributed by atoms with Crippen molar-refractivity contribution in [1.82, 2.24) is 4.98 Å². The van der Waals surface area contributed by atoms with Crippen molar-refractivity contribution >= 4 is 33.2 Å². The molecule has 0 saturated heterocycles. The van der Waals surface area contributed by atoms with Crippen molar-refractivity contribution in [2.24, 2.45) is 0 Å². The first-order valence-electron chi connectivity index (χ1n) is 5.69. The number of esters is 1. The van der Waals surface area contributed by atoms with Crippen molar-refractivity contribution in [2.45, 2.75) is 13.0 Å². The summed E-state index contributed by atoms with van der Waals surface area (Å²) in [6.07, 6.45) is -0.885. The summed E-state index contributed by atoms with van der Waals surface area (Å²) in [5.74, 6) is -0.519. The molecule has 0 spiro atoms. The maximum atomic E-state index is 11.8. The van der Waals surface area contributed by atoms with E-state index >= 15 is 0 Å². The van der Waals surface area contributed by atoms with E-state index in [0.717, 1.165) is 0 Å². The SMILES string of the molecule is CCOC(=O)c1nc(Br)sc1C(O)c1ccccc1. The Bertz CT molecular complexity index is 571. The number of hydrogen-bond donors (Lipinski definition) is 1. The Kier molecular flexibility index (Phi) is 4.68. The van der Waals surface area contributed by atoms with Crippen molar-refractivity contribution in [2.75, 3.05) is 6.61 Å². The summed E-state index contributed by atoms with van der Waals surface area (Å²) in [7, 11) is 0. The first kappa shape index (κ1) is 14.2. The zero-order valence-electron chi connectivity index (χ0n) is 10.2. The van der Waals surface area contributed by atoms with Crippen LogP contribution in [0.4, 0.5) is 0 Å². The summed E-state index contributed by atoms with van der Waals surface area (Å²) < 4.78 is 5.48. The molecular weight excluding hydrogens is 330 g/mol. The maximum absolute atomic E-state index is 11.8. The lowest BCUT2D eigenvalue weighted by Gasteiger charge is -2.10. The summed E-state index contributed by atoms with van der Waals surface area (Å²) >= 11 is 4.46. The lowest BCUT2D eigenvalue weighted by atomic mass is 10.1. The van der Waals surface area contributed by atoms with Crippen LogP contribution >= 0.6 is 27.3 Å². The lowest BCUT2D eigenvalue weighted by Crippen LogP contribution is -2.10. The Hall–Kier alpha value is -1.24. The first-order valence-corrected chi connectivity index (χ1v) is 7.30. The average molecular weight is 342 g/mol. The third-order valence-electron chi connectivity index (χ3n) is 2.46. The molecule has 0 aliphatic heterocycles. The van der Waals surface area contributed by atoms with Crippen molar-refractivity contribution in [3.63, 3.8) is 0 Å². The molecule has 2 aromatic rings. The van der Waals surface area contributed by atoms with Crippen LogP contribution in [0.1, 0.15) is 34.0 Å². The van der Waals surface area contributed by atoms with Crippen molar-refractivity contribution in [3.05, 3.63) is 50.4 Å². The van der Waals surface area contributed by atoms with E-state index < -0.39 is 12.1 Å². The lowest BCUT2D eigenvalue weighted by molar-refractivity contribution is 0.0515. The second kappa shape index (κ2) is 6.27. The van der Waals surface area contributed by atoms with Crippen LogP contribution in [-0.2, 0) is 4.74 Å². The molecule has 6 heteroatoms. The normalized spacial score (nSPS) is 12.2. The summed E-state index contributed by atoms with van der Waals surface area (Å²) in [5, 5.41) is 10.3. The van der Waals surface area contributed by atoms with E-state index in [1.54, 1.807) is 19.1 Å². The summed E-state index contributed by atoms with van der Waals surface area (Å²) in [5.41, 5.74) is 0.874. The van der Waals surface area contributed by atoms with Crippen molar-refractivity contribution in [1.29, 1.82) is 0 Å². The highest BCUT2D eigenvalue weighted by molar-refractivity contribution is 9.11. The van der Waals surface area contributed by atoms with Crippen LogP contribution in [0.25, 0.3) is 0 Å². The van der Waals surface area contributed by atoms with Crippen LogP contribution in [0, 0.1) is 0 Å². The molecule has 0 aliphatic carbocycles. The van der Waals surface area contributed by atoms with Gasteiger partial charge in [-0.25, -0.2) is 9.78 Å². The van der Waals surface area contributed by atoms with Crippen molar-refractivity contribution < 1.29 is 14.6 Å². The van der Waals surface area contributed by atoms with Crippen LogP contribution < -0.4 is 0 Å². The molecule has 1 N–H and O–H groups in total. The topological polar surface area (TPSA) is 59.4 Å². The number of halogens is 1. The fourth-order valence-electron chi connectivity index (χ4n) is 1.62. The fraction of sp³-hybridized carbons (Fsp3) is 0.231. The minimum absolute atomic E-state index is 0.162. The number of aromatic nitrogens is 1. The first-order chi connectivity index (χ1) is 9.13. The molecule has 100 valence electrons. The third-order valence-corrected chi connectivity index (χ3v) is 4.02. The van der Waals surface area contributed by atoms with Crippen LogP contribution in [0.5, 0.6) is 0 Å². The standard InChI is InChI=1S/C13H12BrNO3S/c1-2-18-12(17)9-11(19-13(14)15-9)10(16)8-6-4-3-5-7-8/h3-7,10,16H,2H2,1H3. The molecule has 1 unspecified atom stereocenters. The number of nitrogens with zero attached hydrogens (tertiary/aromatic N) is 1. The molecule has 0 aliphatic rings. The number of hydrogen-bond acceptors (Lipinski definition) is 5. The molecule has 0 radical (unpaired) electrons. The van der Waals surface area contributed by atoms with E-state index in [4.69, 9.17) is 4.74 Å². The molecule has 0 fully saturated rings. The van der Waals surface area contributed by atoms with E-state index in [1.165, 1.54) is 11.3 Å². The molecule has 1 heterocycles. The number of ether oxygens (including phenoxy) is 1. The minimum atomic E-state index is -0.885. The molecule has 0 bridgehead atoms. The van der Waals surface area contributed by atoms with E-state index in [1.807, 2.05) is 18.2 Å². The quantitative estimate of drug-likeness (QED) is 0.867. The van der Waals surface area contributed by atoms with E-state index in [2.05, 4.69) is 20.9 Å². The zero-order chi connectivity index (χ0) is 13.8. The highest BCUT2D eigenvalue weighted by Crippen LogP contribution is 2.33. The van der Waals surface area contributed by atoms with Gasteiger partial charge in [-0.15, -0.1) is 11.3 Å². The Morgan fingerprint density at radius 1 is 1.47 bits per heavy atom. The van der Waals surface area contributed by atoms with Gasteiger partial charge in [0.2, 0.25) is 0 Å². The Morgan fingerprint density at radius 3 is 2.79 bits per heavy atom. The smallest absolute Gasteiger partial charge is 0.358 e. The molecule has 4 nitrogen and oxygen atoms in total. The summed E-state index contributed by atoms with van der Waals surface area (Å²) in [6.45, 7) is 2.00. The molecule has 0 saturated carbocycles. The van der Waals surface area contributed by atoms with Crippen molar-refractivity contribution in [3.8, 4) is 0 Å². The number of aliphatic hydroxyl groups is 1. The van der Waals surface area contributed by atoms with Crippen LogP contribution in [0.2, 0.25) is 0 Å². The average Bonchev–Trinajstić information content (AvgIpc) is 2.81. The molecule has 0 amide bonds. The predicted octanol–water partition coefficient (Wildman–Crippen LogP) is 3.16. The predicted molar refractivity (Wildman–Crippen MR) is 76.3 cm³/mol. The number of rotatable bonds is 4. The van der Waals surface area contributed by atoms with E-state index in [0.29, 0.717) is 14.4 Å². The molecular formula is C13H12BrNO3S. The fourth-order valence-corrected chi connectivity index (χ4v) is 3.11. The minimum Gasteiger partial charge on any atom is -0.461 e. The Labute approximate surface area is 123 Å². The summed E-state index contributed by atoms with van der Waals surface area (Å²) in [4.78, 5) is 16.4. The van der Waals surface area contributed by atoms with Gasteiger partial charge >= 0.3 is 5.97 Å². The number of thiazole rings is 1. The van der Waals surface area contributed by atoms with Crippen LogP contribution in [0.3, 0.4) is 0 Å².